The second-order valence-electron chi connectivity index (χ2n) is 6.73. The van der Waals surface area contributed by atoms with Crippen molar-refractivity contribution in [2.45, 2.75) is 111 Å². The molecule has 0 radical (unpaired) electrons. The number of esters is 1. The molecule has 26 heavy (non-hydrogen) atoms. The molecule has 0 saturated heterocycles. The number of allylic oxidation sites excluding steroid dienone is 2. The van der Waals surface area contributed by atoms with Gasteiger partial charge >= 0.3 is 5.97 Å². The summed E-state index contributed by atoms with van der Waals surface area (Å²) in [5, 5.41) is 0. The van der Waals surface area contributed by atoms with E-state index in [0.717, 1.165) is 12.8 Å². The van der Waals surface area contributed by atoms with Gasteiger partial charge in [0.05, 0.1) is 6.61 Å². The quantitative estimate of drug-likeness (QED) is 0.204. The van der Waals surface area contributed by atoms with Gasteiger partial charge in [0.1, 0.15) is 0 Å². The molecule has 0 aliphatic heterocycles. The highest BCUT2D eigenvalue weighted by molar-refractivity contribution is 5.73. The molecule has 4 heteroatoms. The van der Waals surface area contributed by atoms with Crippen LogP contribution in [0.3, 0.4) is 0 Å². The molecule has 0 aromatic carbocycles. The molecule has 0 aliphatic rings. The molecule has 0 atom stereocenters. The van der Waals surface area contributed by atoms with Crippen LogP contribution in [0, 0.1) is 0 Å². The molecule has 0 fully saturated rings. The highest BCUT2D eigenvalue weighted by atomic mass is 16.5. The maximum atomic E-state index is 10.5. The van der Waals surface area contributed by atoms with Crippen LogP contribution in [0.2, 0.25) is 0 Å². The van der Waals surface area contributed by atoms with Crippen LogP contribution in [0.4, 0.5) is 0 Å². The summed E-state index contributed by atoms with van der Waals surface area (Å²) < 4.78 is 4.40. The average Bonchev–Trinajstić information content (AvgIpc) is 2.58. The van der Waals surface area contributed by atoms with Gasteiger partial charge in [0.25, 0.3) is 0 Å². The van der Waals surface area contributed by atoms with Crippen LogP contribution in [-0.4, -0.2) is 18.5 Å². The second kappa shape index (κ2) is 23.7. The molecule has 0 aromatic rings. The maximum Gasteiger partial charge on any atom is 0.302 e. The van der Waals surface area contributed by atoms with Crippen LogP contribution < -0.4 is 5.73 Å². The molecular weight excluding hydrogens is 326 g/mol. The van der Waals surface area contributed by atoms with Gasteiger partial charge in [0, 0.05) is 13.3 Å². The first-order valence-corrected chi connectivity index (χ1v) is 10.6. The Bertz CT molecular complexity index is 340. The van der Waals surface area contributed by atoms with Gasteiger partial charge in [-0.1, -0.05) is 70.4 Å². The van der Waals surface area contributed by atoms with E-state index >= 15 is 0 Å². The number of rotatable bonds is 16. The average molecular weight is 370 g/mol. The fourth-order valence-electron chi connectivity index (χ4n) is 2.57. The highest BCUT2D eigenvalue weighted by Gasteiger charge is 1.94. The van der Waals surface area contributed by atoms with Crippen molar-refractivity contribution in [3.05, 3.63) is 12.2 Å². The molecule has 0 bridgehead atoms. The van der Waals surface area contributed by atoms with E-state index < -0.39 is 0 Å². The Hall–Kier alpha value is -1.32. The number of amides is 1. The molecule has 0 heterocycles. The summed E-state index contributed by atoms with van der Waals surface area (Å²) in [7, 11) is 0. The minimum atomic E-state index is -0.211. The fourth-order valence-corrected chi connectivity index (χ4v) is 2.57. The molecule has 0 aliphatic carbocycles. The molecule has 0 aromatic heterocycles. The molecule has 154 valence electrons. The summed E-state index contributed by atoms with van der Waals surface area (Å²) in [6, 6.07) is 0. The summed E-state index contributed by atoms with van der Waals surface area (Å²) in [5.74, 6) is -0.375. The zero-order chi connectivity index (χ0) is 19.9. The van der Waals surface area contributed by atoms with Crippen LogP contribution in [0.25, 0.3) is 0 Å². The van der Waals surface area contributed by atoms with Crippen molar-refractivity contribution in [3.8, 4) is 0 Å². The lowest BCUT2D eigenvalue weighted by Crippen LogP contribution is -2.09. The Morgan fingerprint density at radius 2 is 1.23 bits per heavy atom. The third-order valence-corrected chi connectivity index (χ3v) is 4.03. The minimum absolute atomic E-state index is 0.164. The number of unbranched alkanes of at least 4 members (excludes halogenated alkanes) is 11. The number of carbonyl (C=O) groups excluding carboxylic acids is 2. The van der Waals surface area contributed by atoms with Crippen molar-refractivity contribution in [2.75, 3.05) is 6.61 Å². The smallest absolute Gasteiger partial charge is 0.302 e. The lowest BCUT2D eigenvalue weighted by molar-refractivity contribution is -0.140. The van der Waals surface area contributed by atoms with Crippen LogP contribution in [0.1, 0.15) is 111 Å². The standard InChI is InChI=1S/C18H35NO.C4H8O2/c1-2-3-4-5-6-7-8-9-10-11-12-13-14-15-16-17-18(19)20;1-3-6-4(2)5/h9-10H,2-8,11-17H2,1H3,(H2,19,20);3H2,1-2H3/b10-9-;. The summed E-state index contributed by atoms with van der Waals surface area (Å²) in [6.45, 7) is 5.92. The number of primary amides is 1. The summed E-state index contributed by atoms with van der Waals surface area (Å²) in [4.78, 5) is 20.4. The number of carbonyl (C=O) groups is 2. The van der Waals surface area contributed by atoms with Gasteiger partial charge < -0.3 is 10.5 Å². The monoisotopic (exact) mass is 369 g/mol. The number of nitrogens with two attached hydrogens (primary N) is 1. The van der Waals surface area contributed by atoms with Gasteiger partial charge in [-0.25, -0.2) is 0 Å². The summed E-state index contributed by atoms with van der Waals surface area (Å²) in [6.07, 6.45) is 21.9. The predicted molar refractivity (Wildman–Crippen MR) is 111 cm³/mol. The van der Waals surface area contributed by atoms with Gasteiger partial charge in [-0.3, -0.25) is 9.59 Å². The zero-order valence-corrected chi connectivity index (χ0v) is 17.6. The lowest BCUT2D eigenvalue weighted by atomic mass is 10.1. The van der Waals surface area contributed by atoms with Gasteiger partial charge in [0.15, 0.2) is 0 Å². The van der Waals surface area contributed by atoms with E-state index in [0.29, 0.717) is 13.0 Å². The Balaban J connectivity index is 0. The van der Waals surface area contributed by atoms with Crippen molar-refractivity contribution in [1.29, 1.82) is 0 Å². The van der Waals surface area contributed by atoms with Crippen molar-refractivity contribution in [3.63, 3.8) is 0 Å². The zero-order valence-electron chi connectivity index (χ0n) is 17.6. The molecule has 0 unspecified atom stereocenters. The van der Waals surface area contributed by atoms with Crippen LogP contribution in [-0.2, 0) is 14.3 Å². The first-order chi connectivity index (χ1) is 12.5. The Morgan fingerprint density at radius 3 is 1.62 bits per heavy atom. The highest BCUT2D eigenvalue weighted by Crippen LogP contribution is 2.09. The number of hydrogen-bond donors (Lipinski definition) is 1. The molecule has 0 saturated carbocycles. The van der Waals surface area contributed by atoms with E-state index in [1.165, 1.54) is 77.6 Å². The Labute approximate surface area is 161 Å². The van der Waals surface area contributed by atoms with Crippen LogP contribution in [0.15, 0.2) is 12.2 Å². The van der Waals surface area contributed by atoms with Crippen LogP contribution in [0.5, 0.6) is 0 Å². The fraction of sp³-hybridized carbons (Fsp3) is 0.818. The third kappa shape index (κ3) is 30.5. The molecule has 1 amide bonds. The van der Waals surface area contributed by atoms with Gasteiger partial charge in [-0.15, -0.1) is 0 Å². The van der Waals surface area contributed by atoms with E-state index in [-0.39, 0.29) is 11.9 Å². The first-order valence-electron chi connectivity index (χ1n) is 10.6. The molecule has 0 rings (SSSR count). The van der Waals surface area contributed by atoms with E-state index in [9.17, 15) is 9.59 Å². The topological polar surface area (TPSA) is 69.4 Å². The first kappa shape index (κ1) is 26.9. The summed E-state index contributed by atoms with van der Waals surface area (Å²) in [5.41, 5.74) is 5.10. The molecular formula is C22H43NO3. The lowest BCUT2D eigenvalue weighted by Gasteiger charge is -1.99. The predicted octanol–water partition coefficient (Wildman–Crippen LogP) is 6.08. The third-order valence-electron chi connectivity index (χ3n) is 4.03. The van der Waals surface area contributed by atoms with E-state index in [1.54, 1.807) is 6.92 Å². The molecule has 2 N–H and O–H groups in total. The number of ether oxygens (including phenoxy) is 1. The van der Waals surface area contributed by atoms with Gasteiger partial charge in [0.2, 0.25) is 5.91 Å². The van der Waals surface area contributed by atoms with E-state index in [1.807, 2.05) is 0 Å². The van der Waals surface area contributed by atoms with E-state index in [2.05, 4.69) is 23.8 Å². The van der Waals surface area contributed by atoms with Crippen molar-refractivity contribution in [2.24, 2.45) is 5.73 Å². The second-order valence-corrected chi connectivity index (χ2v) is 6.73. The van der Waals surface area contributed by atoms with Crippen molar-refractivity contribution < 1.29 is 14.3 Å². The largest absolute Gasteiger partial charge is 0.466 e. The summed E-state index contributed by atoms with van der Waals surface area (Å²) >= 11 is 0. The Morgan fingerprint density at radius 1 is 0.769 bits per heavy atom. The SMILES string of the molecule is CCCCCCCC/C=C\CCCCCCCC(N)=O.CCOC(C)=O. The Kier molecular flexibility index (Phi) is 24.5. The molecule has 0 spiro atoms. The minimum Gasteiger partial charge on any atom is -0.466 e. The van der Waals surface area contributed by atoms with Gasteiger partial charge in [-0.2, -0.15) is 0 Å². The normalized spacial score (nSPS) is 10.4. The van der Waals surface area contributed by atoms with Crippen molar-refractivity contribution >= 4 is 11.9 Å². The van der Waals surface area contributed by atoms with E-state index in [4.69, 9.17) is 5.73 Å². The van der Waals surface area contributed by atoms with Crippen LogP contribution >= 0.6 is 0 Å². The van der Waals surface area contributed by atoms with Crippen molar-refractivity contribution in [1.82, 2.24) is 0 Å². The van der Waals surface area contributed by atoms with Gasteiger partial charge in [-0.05, 0) is 39.0 Å². The number of hydrogen-bond acceptors (Lipinski definition) is 3. The maximum absolute atomic E-state index is 10.5. The molecule has 4 nitrogen and oxygen atoms in total.